The summed E-state index contributed by atoms with van der Waals surface area (Å²) in [7, 11) is 1.95. The zero-order chi connectivity index (χ0) is 13.8. The van der Waals surface area contributed by atoms with E-state index >= 15 is 0 Å². The normalized spacial score (nSPS) is 27.7. The molecule has 1 aliphatic rings. The smallest absolute Gasteiger partial charge is 0.130 e. The predicted octanol–water partition coefficient (Wildman–Crippen LogP) is 3.65. The van der Waals surface area contributed by atoms with Crippen molar-refractivity contribution in [3.8, 4) is 0 Å². The lowest BCUT2D eigenvalue weighted by molar-refractivity contribution is -0.0158. The highest BCUT2D eigenvalue weighted by molar-refractivity contribution is 5.20. The SMILES string of the molecule is CNCc1cc(COC2CC(C)CC(C)C2)oc1C. The molecule has 108 valence electrons. The van der Waals surface area contributed by atoms with Gasteiger partial charge in [0.1, 0.15) is 18.1 Å². The van der Waals surface area contributed by atoms with E-state index in [1.165, 1.54) is 24.8 Å². The number of nitrogens with one attached hydrogen (secondary N) is 1. The van der Waals surface area contributed by atoms with Gasteiger partial charge in [-0.25, -0.2) is 0 Å². The van der Waals surface area contributed by atoms with Gasteiger partial charge in [-0.15, -0.1) is 0 Å². The maximum Gasteiger partial charge on any atom is 0.130 e. The Morgan fingerprint density at radius 1 is 1.26 bits per heavy atom. The molecule has 0 amide bonds. The topological polar surface area (TPSA) is 34.4 Å². The van der Waals surface area contributed by atoms with Gasteiger partial charge in [-0.3, -0.25) is 0 Å². The molecule has 1 heterocycles. The number of ether oxygens (including phenoxy) is 1. The fourth-order valence-electron chi connectivity index (χ4n) is 3.23. The third-order valence-corrected chi connectivity index (χ3v) is 4.04. The minimum Gasteiger partial charge on any atom is -0.464 e. The number of rotatable bonds is 5. The van der Waals surface area contributed by atoms with E-state index in [2.05, 4.69) is 25.2 Å². The Morgan fingerprint density at radius 2 is 1.95 bits per heavy atom. The van der Waals surface area contributed by atoms with E-state index in [0.717, 1.165) is 29.9 Å². The molecule has 1 aromatic rings. The van der Waals surface area contributed by atoms with Crippen molar-refractivity contribution >= 4 is 0 Å². The highest BCUT2D eigenvalue weighted by atomic mass is 16.5. The highest BCUT2D eigenvalue weighted by Crippen LogP contribution is 2.31. The van der Waals surface area contributed by atoms with E-state index in [0.29, 0.717) is 12.7 Å². The van der Waals surface area contributed by atoms with Crippen molar-refractivity contribution in [2.24, 2.45) is 11.8 Å². The zero-order valence-electron chi connectivity index (χ0n) is 12.7. The van der Waals surface area contributed by atoms with Crippen LogP contribution in [0.3, 0.4) is 0 Å². The summed E-state index contributed by atoms with van der Waals surface area (Å²) >= 11 is 0. The summed E-state index contributed by atoms with van der Waals surface area (Å²) in [4.78, 5) is 0. The second-order valence-corrected chi connectivity index (χ2v) is 6.17. The van der Waals surface area contributed by atoms with E-state index in [1.54, 1.807) is 0 Å². The molecule has 2 unspecified atom stereocenters. The maximum absolute atomic E-state index is 6.04. The first-order valence-corrected chi connectivity index (χ1v) is 7.42. The molecule has 1 fully saturated rings. The molecule has 0 radical (unpaired) electrons. The van der Waals surface area contributed by atoms with Crippen LogP contribution in [0, 0.1) is 18.8 Å². The largest absolute Gasteiger partial charge is 0.464 e. The minimum atomic E-state index is 0.400. The van der Waals surface area contributed by atoms with Crippen LogP contribution in [0.2, 0.25) is 0 Å². The van der Waals surface area contributed by atoms with Crippen molar-refractivity contribution in [3.63, 3.8) is 0 Å². The van der Waals surface area contributed by atoms with Crippen molar-refractivity contribution in [1.29, 1.82) is 0 Å². The van der Waals surface area contributed by atoms with Gasteiger partial charge in [-0.05, 0) is 51.1 Å². The van der Waals surface area contributed by atoms with E-state index < -0.39 is 0 Å². The van der Waals surface area contributed by atoms with E-state index in [4.69, 9.17) is 9.15 Å². The van der Waals surface area contributed by atoms with Crippen LogP contribution in [-0.2, 0) is 17.9 Å². The summed E-state index contributed by atoms with van der Waals surface area (Å²) in [6.45, 7) is 8.13. The first-order chi connectivity index (χ1) is 9.08. The molecule has 0 spiro atoms. The van der Waals surface area contributed by atoms with Crippen molar-refractivity contribution in [3.05, 3.63) is 23.2 Å². The molecule has 2 atom stereocenters. The van der Waals surface area contributed by atoms with Crippen LogP contribution in [0.4, 0.5) is 0 Å². The molecule has 0 bridgehead atoms. The lowest BCUT2D eigenvalue weighted by atomic mass is 9.82. The lowest BCUT2D eigenvalue weighted by Gasteiger charge is -2.31. The van der Waals surface area contributed by atoms with Crippen LogP contribution in [0.25, 0.3) is 0 Å². The molecule has 1 N–H and O–H groups in total. The van der Waals surface area contributed by atoms with Gasteiger partial charge in [-0.2, -0.15) is 0 Å². The van der Waals surface area contributed by atoms with Crippen LogP contribution in [0.5, 0.6) is 0 Å². The zero-order valence-corrected chi connectivity index (χ0v) is 12.7. The van der Waals surface area contributed by atoms with Crippen molar-refractivity contribution in [1.82, 2.24) is 5.32 Å². The third-order valence-electron chi connectivity index (χ3n) is 4.04. The van der Waals surface area contributed by atoms with Crippen molar-refractivity contribution < 1.29 is 9.15 Å². The molecule has 1 aliphatic carbocycles. The monoisotopic (exact) mass is 265 g/mol. The summed E-state index contributed by atoms with van der Waals surface area (Å²) < 4.78 is 11.8. The molecule has 3 nitrogen and oxygen atoms in total. The molecule has 2 rings (SSSR count). The lowest BCUT2D eigenvalue weighted by Crippen LogP contribution is -2.26. The summed E-state index contributed by atoms with van der Waals surface area (Å²) in [5.74, 6) is 3.52. The van der Waals surface area contributed by atoms with Gasteiger partial charge in [0.05, 0.1) is 6.10 Å². The second kappa shape index (κ2) is 6.58. The predicted molar refractivity (Wildman–Crippen MR) is 77.0 cm³/mol. The molecular formula is C16H27NO2. The van der Waals surface area contributed by atoms with Crippen molar-refractivity contribution in [2.75, 3.05) is 7.05 Å². The Balaban J connectivity index is 1.86. The first-order valence-electron chi connectivity index (χ1n) is 7.42. The minimum absolute atomic E-state index is 0.400. The van der Waals surface area contributed by atoms with Gasteiger partial charge in [0.15, 0.2) is 0 Å². The van der Waals surface area contributed by atoms with Crippen LogP contribution in [0.1, 0.15) is 50.2 Å². The van der Waals surface area contributed by atoms with Gasteiger partial charge in [-0.1, -0.05) is 13.8 Å². The fraction of sp³-hybridized carbons (Fsp3) is 0.750. The number of furan rings is 1. The standard InChI is InChI=1S/C16H27NO2/c1-11-5-12(2)7-15(6-11)18-10-16-8-14(9-17-4)13(3)19-16/h8,11-12,15,17H,5-7,9-10H2,1-4H3. The molecular weight excluding hydrogens is 238 g/mol. The fourth-order valence-corrected chi connectivity index (χ4v) is 3.23. The molecule has 19 heavy (non-hydrogen) atoms. The average Bonchev–Trinajstić information content (AvgIpc) is 2.67. The van der Waals surface area contributed by atoms with Gasteiger partial charge in [0, 0.05) is 12.1 Å². The third kappa shape index (κ3) is 4.08. The van der Waals surface area contributed by atoms with Gasteiger partial charge in [0.25, 0.3) is 0 Å². The van der Waals surface area contributed by atoms with Crippen LogP contribution in [0.15, 0.2) is 10.5 Å². The van der Waals surface area contributed by atoms with E-state index in [9.17, 15) is 0 Å². The molecule has 3 heteroatoms. The van der Waals surface area contributed by atoms with E-state index in [1.807, 2.05) is 14.0 Å². The Morgan fingerprint density at radius 3 is 2.58 bits per heavy atom. The highest BCUT2D eigenvalue weighted by Gasteiger charge is 2.24. The number of hydrogen-bond acceptors (Lipinski definition) is 3. The van der Waals surface area contributed by atoms with Crippen LogP contribution in [-0.4, -0.2) is 13.2 Å². The molecule has 1 saturated carbocycles. The van der Waals surface area contributed by atoms with Crippen LogP contribution < -0.4 is 5.32 Å². The van der Waals surface area contributed by atoms with Gasteiger partial charge < -0.3 is 14.5 Å². The summed E-state index contributed by atoms with van der Waals surface area (Å²) in [5.41, 5.74) is 1.23. The Hall–Kier alpha value is -0.800. The molecule has 0 aliphatic heterocycles. The summed E-state index contributed by atoms with van der Waals surface area (Å²) in [6.07, 6.45) is 4.12. The number of aryl methyl sites for hydroxylation is 1. The number of hydrogen-bond donors (Lipinski definition) is 1. The first kappa shape index (κ1) is 14.6. The Labute approximate surface area is 116 Å². The van der Waals surface area contributed by atoms with Crippen molar-refractivity contribution in [2.45, 2.75) is 59.3 Å². The summed E-state index contributed by atoms with van der Waals surface area (Å²) in [5, 5.41) is 3.15. The van der Waals surface area contributed by atoms with Crippen LogP contribution >= 0.6 is 0 Å². The Bertz CT molecular complexity index is 389. The molecule has 0 saturated heterocycles. The van der Waals surface area contributed by atoms with E-state index in [-0.39, 0.29) is 0 Å². The Kier molecular flexibility index (Phi) is 5.06. The quantitative estimate of drug-likeness (QED) is 0.882. The van der Waals surface area contributed by atoms with Gasteiger partial charge >= 0.3 is 0 Å². The second-order valence-electron chi connectivity index (χ2n) is 6.17. The molecule has 1 aromatic heterocycles. The molecule has 0 aromatic carbocycles. The van der Waals surface area contributed by atoms with Gasteiger partial charge in [0.2, 0.25) is 0 Å². The maximum atomic E-state index is 6.04. The average molecular weight is 265 g/mol. The summed E-state index contributed by atoms with van der Waals surface area (Å²) in [6, 6.07) is 2.11.